The Bertz CT molecular complexity index is 952. The average molecular weight is 441 g/mol. The molecule has 9 heteroatoms. The lowest BCUT2D eigenvalue weighted by atomic mass is 9.46. The molecule has 0 aromatic carbocycles. The summed E-state index contributed by atoms with van der Waals surface area (Å²) in [5.74, 6) is -0.984. The van der Waals surface area contributed by atoms with Gasteiger partial charge in [-0.05, 0) is 56.1 Å². The summed E-state index contributed by atoms with van der Waals surface area (Å²) in [6.45, 7) is 2.87. The van der Waals surface area contributed by atoms with Crippen molar-refractivity contribution in [3.05, 3.63) is 23.8 Å². The van der Waals surface area contributed by atoms with Crippen molar-refractivity contribution in [2.45, 2.75) is 57.7 Å². The Hall–Kier alpha value is -1.39. The molecular weight excluding hydrogens is 412 g/mol. The van der Waals surface area contributed by atoms with Crippen LogP contribution >= 0.6 is 0 Å². The van der Waals surface area contributed by atoms with Crippen molar-refractivity contribution < 1.29 is 37.0 Å². The van der Waals surface area contributed by atoms with E-state index in [1.54, 1.807) is 19.1 Å². The predicted octanol–water partition coefficient (Wildman–Crippen LogP) is 1.38. The van der Waals surface area contributed by atoms with E-state index in [0.29, 0.717) is 12.8 Å². The molecule has 7 atom stereocenters. The van der Waals surface area contributed by atoms with Crippen LogP contribution in [0.4, 0.5) is 0 Å². The third kappa shape index (κ3) is 3.05. The van der Waals surface area contributed by atoms with Crippen LogP contribution in [0.1, 0.15) is 46.0 Å². The van der Waals surface area contributed by atoms with Gasteiger partial charge >= 0.3 is 10.4 Å². The second kappa shape index (κ2) is 6.80. The van der Waals surface area contributed by atoms with E-state index in [1.807, 2.05) is 13.0 Å². The highest BCUT2D eigenvalue weighted by molar-refractivity contribution is 7.80. The van der Waals surface area contributed by atoms with Gasteiger partial charge in [0.15, 0.2) is 11.6 Å². The van der Waals surface area contributed by atoms with Gasteiger partial charge in [0, 0.05) is 16.7 Å². The Balaban J connectivity index is 1.66. The lowest BCUT2D eigenvalue weighted by Crippen LogP contribution is -2.61. The first-order valence-corrected chi connectivity index (χ1v) is 11.7. The number of fused-ring (bicyclic) bond motifs is 5. The Labute approximate surface area is 175 Å². The second-order valence-electron chi connectivity index (χ2n) is 9.72. The van der Waals surface area contributed by atoms with E-state index in [9.17, 15) is 28.2 Å². The lowest BCUT2D eigenvalue weighted by Gasteiger charge is -2.59. The van der Waals surface area contributed by atoms with Crippen molar-refractivity contribution in [2.24, 2.45) is 28.6 Å². The fraction of sp³-hybridized carbons (Fsp3) is 0.714. The monoisotopic (exact) mass is 440 g/mol. The predicted molar refractivity (Wildman–Crippen MR) is 105 cm³/mol. The minimum absolute atomic E-state index is 0.0445. The SMILES string of the molecule is C[C@]12C=CC(=O)C=C1CCC1C2C(O)C[C@@]2(C)C1CC[C@]2(O)C(=O)COS(=O)(=O)O. The first-order chi connectivity index (χ1) is 13.8. The van der Waals surface area contributed by atoms with Crippen LogP contribution < -0.4 is 0 Å². The number of allylic oxidation sites excluding steroid dienone is 4. The molecule has 0 heterocycles. The van der Waals surface area contributed by atoms with E-state index in [4.69, 9.17) is 4.55 Å². The number of ketones is 2. The van der Waals surface area contributed by atoms with Gasteiger partial charge in [0.25, 0.3) is 0 Å². The average Bonchev–Trinajstić information content (AvgIpc) is 2.91. The van der Waals surface area contributed by atoms with E-state index in [-0.39, 0.29) is 36.4 Å². The van der Waals surface area contributed by atoms with Crippen LogP contribution in [0.25, 0.3) is 0 Å². The molecule has 4 rings (SSSR count). The zero-order valence-electron chi connectivity index (χ0n) is 17.1. The largest absolute Gasteiger partial charge is 0.397 e. The smallest absolute Gasteiger partial charge is 0.393 e. The Kier molecular flexibility index (Phi) is 4.95. The molecule has 166 valence electrons. The molecule has 0 aromatic heterocycles. The maximum absolute atomic E-state index is 12.8. The van der Waals surface area contributed by atoms with Gasteiger partial charge in [0.05, 0.1) is 6.10 Å². The number of carbonyl (C=O) groups is 2. The number of Topliss-reactive ketones (excluding diaryl/α,β-unsaturated/α-hetero) is 1. The van der Waals surface area contributed by atoms with Crippen LogP contribution in [-0.2, 0) is 24.2 Å². The van der Waals surface area contributed by atoms with Gasteiger partial charge in [-0.25, -0.2) is 4.18 Å². The fourth-order valence-corrected chi connectivity index (χ4v) is 7.29. The first kappa shape index (κ1) is 21.8. The standard InChI is InChI=1S/C21H28O8S/c1-19-7-5-13(22)9-12(19)3-4-14-15-6-8-21(25,17(24)11-29-30(26,27)28)20(15,2)10-16(23)18(14)19/h5,7,9,14-16,18,23,25H,3-4,6,8,10-11H2,1-2H3,(H,26,27,28)/t14?,15?,16?,18?,19-,20-,21-/m0/s1. The summed E-state index contributed by atoms with van der Waals surface area (Å²) >= 11 is 0. The number of aliphatic hydroxyl groups excluding tert-OH is 1. The Morgan fingerprint density at radius 2 is 2.00 bits per heavy atom. The van der Waals surface area contributed by atoms with Gasteiger partial charge in [-0.1, -0.05) is 25.5 Å². The van der Waals surface area contributed by atoms with Crippen molar-refractivity contribution in [2.75, 3.05) is 6.61 Å². The lowest BCUT2D eigenvalue weighted by molar-refractivity contribution is -0.178. The molecule has 0 aromatic rings. The number of carbonyl (C=O) groups excluding carboxylic acids is 2. The van der Waals surface area contributed by atoms with Crippen molar-refractivity contribution in [1.29, 1.82) is 0 Å². The minimum atomic E-state index is -4.80. The maximum Gasteiger partial charge on any atom is 0.397 e. The molecule has 3 fully saturated rings. The van der Waals surface area contributed by atoms with Crippen molar-refractivity contribution in [3.63, 3.8) is 0 Å². The molecule has 30 heavy (non-hydrogen) atoms. The van der Waals surface area contributed by atoms with Gasteiger partial charge in [0.2, 0.25) is 0 Å². The Morgan fingerprint density at radius 3 is 2.67 bits per heavy atom. The summed E-state index contributed by atoms with van der Waals surface area (Å²) in [4.78, 5) is 24.6. The molecule has 4 unspecified atom stereocenters. The zero-order valence-corrected chi connectivity index (χ0v) is 17.9. The van der Waals surface area contributed by atoms with Crippen LogP contribution in [0.3, 0.4) is 0 Å². The summed E-state index contributed by atoms with van der Waals surface area (Å²) in [7, 11) is -4.80. The quantitative estimate of drug-likeness (QED) is 0.558. The van der Waals surface area contributed by atoms with E-state index >= 15 is 0 Å². The molecule has 0 radical (unpaired) electrons. The number of hydrogen-bond donors (Lipinski definition) is 3. The molecule has 3 saturated carbocycles. The van der Waals surface area contributed by atoms with E-state index in [1.165, 1.54) is 0 Å². The number of rotatable bonds is 4. The molecular formula is C21H28O8S. The van der Waals surface area contributed by atoms with Crippen molar-refractivity contribution in [1.82, 2.24) is 0 Å². The molecule has 0 spiro atoms. The highest BCUT2D eigenvalue weighted by Gasteiger charge is 2.68. The van der Waals surface area contributed by atoms with Crippen LogP contribution in [0.2, 0.25) is 0 Å². The third-order valence-corrected chi connectivity index (χ3v) is 8.86. The van der Waals surface area contributed by atoms with Gasteiger partial charge in [0.1, 0.15) is 12.2 Å². The van der Waals surface area contributed by atoms with E-state index in [2.05, 4.69) is 4.18 Å². The fourth-order valence-electron chi connectivity index (χ4n) is 7.04. The molecule has 8 nitrogen and oxygen atoms in total. The van der Waals surface area contributed by atoms with Gasteiger partial charge in [-0.15, -0.1) is 0 Å². The van der Waals surface area contributed by atoms with Gasteiger partial charge in [-0.3, -0.25) is 14.1 Å². The molecule has 0 aliphatic heterocycles. The van der Waals surface area contributed by atoms with Crippen LogP contribution in [0.15, 0.2) is 23.8 Å². The van der Waals surface area contributed by atoms with Crippen LogP contribution in [0, 0.1) is 28.6 Å². The summed E-state index contributed by atoms with van der Waals surface area (Å²) < 4.78 is 34.8. The molecule has 0 saturated heterocycles. The van der Waals surface area contributed by atoms with Crippen LogP contribution in [-0.4, -0.2) is 53.1 Å². The van der Waals surface area contributed by atoms with Gasteiger partial charge in [-0.2, -0.15) is 8.42 Å². The van der Waals surface area contributed by atoms with Gasteiger partial charge < -0.3 is 10.2 Å². The topological polar surface area (TPSA) is 138 Å². The molecule has 4 aliphatic carbocycles. The summed E-state index contributed by atoms with van der Waals surface area (Å²) in [5, 5.41) is 22.6. The summed E-state index contributed by atoms with van der Waals surface area (Å²) in [5.41, 5.74) is -2.22. The zero-order chi connectivity index (χ0) is 22.1. The number of aliphatic hydroxyl groups is 2. The van der Waals surface area contributed by atoms with Crippen LogP contribution in [0.5, 0.6) is 0 Å². The highest BCUT2D eigenvalue weighted by Crippen LogP contribution is 2.67. The second-order valence-corrected chi connectivity index (χ2v) is 10.8. The van der Waals surface area contributed by atoms with E-state index in [0.717, 1.165) is 12.0 Å². The van der Waals surface area contributed by atoms with E-state index < -0.39 is 45.3 Å². The third-order valence-electron chi connectivity index (χ3n) is 8.45. The summed E-state index contributed by atoms with van der Waals surface area (Å²) in [6, 6.07) is 0. The maximum atomic E-state index is 12.8. The molecule has 0 amide bonds. The van der Waals surface area contributed by atoms with Crippen molar-refractivity contribution in [3.8, 4) is 0 Å². The first-order valence-electron chi connectivity index (χ1n) is 10.3. The molecule has 4 aliphatic rings. The molecule has 3 N–H and O–H groups in total. The number of hydrogen-bond acceptors (Lipinski definition) is 7. The normalized spacial score (nSPS) is 45.4. The Morgan fingerprint density at radius 1 is 1.30 bits per heavy atom. The molecule has 0 bridgehead atoms. The summed E-state index contributed by atoms with van der Waals surface area (Å²) in [6.07, 6.45) is 6.65. The van der Waals surface area contributed by atoms with Crippen molar-refractivity contribution >= 4 is 22.0 Å². The minimum Gasteiger partial charge on any atom is -0.393 e. The highest BCUT2D eigenvalue weighted by atomic mass is 32.3.